The van der Waals surface area contributed by atoms with E-state index >= 15 is 0 Å². The van der Waals surface area contributed by atoms with Crippen LogP contribution in [0.1, 0.15) is 30.7 Å². The van der Waals surface area contributed by atoms with Crippen LogP contribution in [0, 0.1) is 19.3 Å². The van der Waals surface area contributed by atoms with Crippen LogP contribution < -0.4 is 0 Å². The first-order valence-corrected chi connectivity index (χ1v) is 10.6. The van der Waals surface area contributed by atoms with Gasteiger partial charge in [-0.2, -0.15) is 0 Å². The van der Waals surface area contributed by atoms with Gasteiger partial charge < -0.3 is 18.9 Å². The largest absolute Gasteiger partial charge is 0.382 e. The second-order valence-electron chi connectivity index (χ2n) is 8.02. The third-order valence-electron chi connectivity index (χ3n) is 5.48. The summed E-state index contributed by atoms with van der Waals surface area (Å²) in [5.74, 6) is 2.62. The van der Waals surface area contributed by atoms with Crippen molar-refractivity contribution in [2.45, 2.75) is 82.5 Å². The molecule has 6 unspecified atom stereocenters. The van der Waals surface area contributed by atoms with E-state index in [0.717, 1.165) is 11.4 Å². The van der Waals surface area contributed by atoms with Crippen LogP contribution in [-0.2, 0) is 38.8 Å². The van der Waals surface area contributed by atoms with Gasteiger partial charge in [-0.25, -0.2) is 9.36 Å². The molecule has 163 valence electrons. The molecule has 0 bridgehead atoms. The number of hydrogen-bond donors (Lipinski definition) is 0. The number of hydrogen-bond acceptors (Lipinski definition) is 8. The first-order chi connectivity index (χ1) is 15.5. The predicted octanol–water partition coefficient (Wildman–Crippen LogP) is -0.684. The summed E-state index contributed by atoms with van der Waals surface area (Å²) in [5, 5.41) is 16.3. The highest BCUT2D eigenvalue weighted by Crippen LogP contribution is 2.26. The summed E-state index contributed by atoms with van der Waals surface area (Å²) >= 11 is 0. The molecule has 0 aromatic carbocycles. The molecule has 6 atom stereocenters. The molecule has 0 spiro atoms. The molecule has 32 heavy (non-hydrogen) atoms. The fraction of sp³-hybridized carbons (Fsp3) is 0.684. The molecule has 10 nitrogen and oxygen atoms in total. The molecule has 2 fully saturated rings. The van der Waals surface area contributed by atoms with E-state index < -0.39 is 0 Å². The average molecular weight is 433 g/mol. The minimum absolute atomic E-state index is 0.155. The number of aromatic nitrogens is 6. The molecule has 0 amide bonds. The van der Waals surface area contributed by atoms with Gasteiger partial charge in [0.2, 0.25) is 0 Å². The maximum Gasteiger partial charge on any atom is 0.141 e. The van der Waals surface area contributed by atoms with Crippen molar-refractivity contribution in [3.05, 3.63) is 23.8 Å². The van der Waals surface area contributed by atoms with Crippen LogP contribution in [0.2, 0.25) is 0 Å². The zero-order chi connectivity index (χ0) is 22.5. The van der Waals surface area contributed by atoms with E-state index in [1.54, 1.807) is 9.36 Å². The van der Waals surface area contributed by atoms with Crippen molar-refractivity contribution in [3.8, 4) is 12.3 Å². The van der Waals surface area contributed by atoms with E-state index in [1.807, 2.05) is 19.3 Å². The van der Waals surface area contributed by atoms with Crippen molar-refractivity contribution >= 4 is 22.8 Å². The summed E-state index contributed by atoms with van der Waals surface area (Å²) in [4.78, 5) is 0. The second kappa shape index (κ2) is 10.7. The van der Waals surface area contributed by atoms with Crippen molar-refractivity contribution in [2.24, 2.45) is 0 Å². The molecule has 4 rings (SSSR count). The summed E-state index contributed by atoms with van der Waals surface area (Å²) in [6, 6.07) is -0.546. The molecule has 2 aliphatic rings. The molecule has 0 saturated carbocycles. The average Bonchev–Trinajstić information content (AvgIpc) is 3.54. The molecule has 2 saturated heterocycles. The number of ether oxygens (including phenoxy) is 4. The van der Waals surface area contributed by atoms with Gasteiger partial charge in [-0.3, -0.25) is 0 Å². The fourth-order valence-electron chi connectivity index (χ4n) is 3.95. The number of terminal acetylenes is 1. The van der Waals surface area contributed by atoms with Gasteiger partial charge in [-0.1, -0.05) is 10.4 Å². The summed E-state index contributed by atoms with van der Waals surface area (Å²) in [5.41, 5.74) is 1.59. The van der Waals surface area contributed by atoms with Gasteiger partial charge in [-0.15, -0.1) is 22.5 Å². The van der Waals surface area contributed by atoms with E-state index in [-0.39, 0.29) is 49.9 Å². The van der Waals surface area contributed by atoms with Crippen molar-refractivity contribution in [3.63, 3.8) is 0 Å². The van der Waals surface area contributed by atoms with Gasteiger partial charge in [0.25, 0.3) is 0 Å². The van der Waals surface area contributed by atoms with Crippen molar-refractivity contribution in [2.75, 3.05) is 0 Å². The maximum atomic E-state index is 5.99. The Morgan fingerprint density at radius 1 is 1.12 bits per heavy atom. The highest BCUT2D eigenvalue weighted by Gasteiger charge is 2.35. The van der Waals surface area contributed by atoms with Crippen LogP contribution in [0.5, 0.6) is 0 Å². The fourth-order valence-corrected chi connectivity index (χ4v) is 3.95. The molecule has 13 heteroatoms. The van der Waals surface area contributed by atoms with Crippen LogP contribution in [-0.4, -0.2) is 89.2 Å². The standard InChI is InChI=1S/C19H24B3N6O4/c1-3-4-14-16(7-19(22-21)32-14)30-11-28-9-13(24-26-28)5-17-15(6-18(20)31-17)29-10-27-8-12(2)23-25-27/h1,8-9,14-19H,4-7,10-11H2,2H3. The SMILES string of the molecule is [B][B]C1CC(OCn2cc(CC3OC([B])CC3OCn3cc(C)nn3)nn2)C(CC#C)O1. The minimum atomic E-state index is -0.386. The molecule has 0 N–H and O–H groups in total. The lowest BCUT2D eigenvalue weighted by Gasteiger charge is -2.18. The Morgan fingerprint density at radius 3 is 2.53 bits per heavy atom. The summed E-state index contributed by atoms with van der Waals surface area (Å²) in [7, 11) is 13.1. The van der Waals surface area contributed by atoms with Gasteiger partial charge >= 0.3 is 0 Å². The van der Waals surface area contributed by atoms with E-state index in [1.165, 1.54) is 7.17 Å². The highest BCUT2D eigenvalue weighted by molar-refractivity contribution is 6.90. The Kier molecular flexibility index (Phi) is 7.68. The second-order valence-corrected chi connectivity index (χ2v) is 8.02. The molecule has 5 radical (unpaired) electrons. The normalized spacial score (nSPS) is 29.9. The predicted molar refractivity (Wildman–Crippen MR) is 115 cm³/mol. The molecule has 2 aliphatic heterocycles. The van der Waals surface area contributed by atoms with E-state index in [4.69, 9.17) is 41.0 Å². The van der Waals surface area contributed by atoms with Gasteiger partial charge in [0.15, 0.2) is 0 Å². The zero-order valence-electron chi connectivity index (χ0n) is 18.0. The van der Waals surface area contributed by atoms with E-state index in [0.29, 0.717) is 25.7 Å². The summed E-state index contributed by atoms with van der Waals surface area (Å²) < 4.78 is 26.8. The molecular weight excluding hydrogens is 409 g/mol. The topological polar surface area (TPSA) is 98.3 Å². The van der Waals surface area contributed by atoms with Gasteiger partial charge in [0.1, 0.15) is 21.3 Å². The zero-order valence-corrected chi connectivity index (χ0v) is 18.0. The van der Waals surface area contributed by atoms with Crippen molar-refractivity contribution in [1.29, 1.82) is 0 Å². The lowest BCUT2D eigenvalue weighted by Crippen LogP contribution is -2.28. The summed E-state index contributed by atoms with van der Waals surface area (Å²) in [6.45, 7) is 2.38. The third kappa shape index (κ3) is 5.81. The van der Waals surface area contributed by atoms with Gasteiger partial charge in [0.05, 0.1) is 55.4 Å². The number of rotatable bonds is 10. The van der Waals surface area contributed by atoms with Crippen molar-refractivity contribution in [1.82, 2.24) is 30.0 Å². The first-order valence-electron chi connectivity index (χ1n) is 10.6. The molecular formula is C19H24B3N6O4. The Labute approximate surface area is 190 Å². The monoisotopic (exact) mass is 433 g/mol. The van der Waals surface area contributed by atoms with Crippen LogP contribution >= 0.6 is 0 Å². The molecule has 0 aliphatic carbocycles. The first kappa shape index (κ1) is 23.0. The highest BCUT2D eigenvalue weighted by atomic mass is 16.6. The lowest BCUT2D eigenvalue weighted by molar-refractivity contribution is -0.0442. The van der Waals surface area contributed by atoms with E-state index in [9.17, 15) is 0 Å². The Morgan fingerprint density at radius 2 is 1.84 bits per heavy atom. The Hall–Kier alpha value is -2.13. The maximum absolute atomic E-state index is 5.99. The van der Waals surface area contributed by atoms with Gasteiger partial charge in [0, 0.05) is 32.6 Å². The molecule has 2 aromatic heterocycles. The van der Waals surface area contributed by atoms with Gasteiger partial charge in [-0.05, 0) is 19.8 Å². The smallest absolute Gasteiger partial charge is 0.141 e. The Balaban J connectivity index is 1.28. The van der Waals surface area contributed by atoms with E-state index in [2.05, 4.69) is 26.5 Å². The molecule has 4 heterocycles. The summed E-state index contributed by atoms with van der Waals surface area (Å²) in [6.07, 6.45) is 10.5. The van der Waals surface area contributed by atoms with Crippen LogP contribution in [0.4, 0.5) is 0 Å². The van der Waals surface area contributed by atoms with Crippen LogP contribution in [0.3, 0.4) is 0 Å². The van der Waals surface area contributed by atoms with Crippen LogP contribution in [0.15, 0.2) is 12.4 Å². The quantitative estimate of drug-likeness (QED) is 0.359. The number of aryl methyl sites for hydroxylation is 1. The van der Waals surface area contributed by atoms with Crippen LogP contribution in [0.25, 0.3) is 0 Å². The Bertz CT molecular complexity index is 921. The number of nitrogens with zero attached hydrogens (tertiary/aromatic N) is 6. The third-order valence-corrected chi connectivity index (χ3v) is 5.48. The van der Waals surface area contributed by atoms with Crippen molar-refractivity contribution < 1.29 is 18.9 Å². The molecule has 2 aromatic rings. The minimum Gasteiger partial charge on any atom is -0.382 e. The lowest BCUT2D eigenvalue weighted by atomic mass is 9.51.